The van der Waals surface area contributed by atoms with Crippen LogP contribution in [-0.2, 0) is 0 Å². The van der Waals surface area contributed by atoms with Crippen LogP contribution >= 0.6 is 0 Å². The van der Waals surface area contributed by atoms with Gasteiger partial charge in [-0.1, -0.05) is 30.9 Å². The van der Waals surface area contributed by atoms with Crippen LogP contribution < -0.4 is 0 Å². The van der Waals surface area contributed by atoms with Gasteiger partial charge in [-0.15, -0.1) is 6.58 Å². The number of rotatable bonds is 4. The number of pyridine rings is 2. The molecule has 7 heteroatoms. The average Bonchev–Trinajstić information content (AvgIpc) is 3.43. The largest absolute Gasteiger partial charge is 0.335 e. The molecular formula is C27H25FN6. The van der Waals surface area contributed by atoms with Gasteiger partial charge in [0.15, 0.2) is 17.2 Å². The molecule has 4 aromatic heterocycles. The number of aromatic nitrogens is 6. The molecule has 0 fully saturated rings. The Morgan fingerprint density at radius 2 is 1.85 bits per heavy atom. The normalized spacial score (nSPS) is 11.4. The fourth-order valence-corrected chi connectivity index (χ4v) is 3.75. The molecule has 0 radical (unpaired) electrons. The summed E-state index contributed by atoms with van der Waals surface area (Å²) in [6.45, 7) is 12.9. The van der Waals surface area contributed by atoms with E-state index in [0.29, 0.717) is 22.7 Å². The molecule has 6 nitrogen and oxygen atoms in total. The molecule has 0 amide bonds. The van der Waals surface area contributed by atoms with Gasteiger partial charge in [-0.2, -0.15) is 5.10 Å². The highest BCUT2D eigenvalue weighted by Gasteiger charge is 2.17. The molecule has 0 aliphatic rings. The molecule has 170 valence electrons. The molecular weight excluding hydrogens is 427 g/mol. The average molecular weight is 453 g/mol. The van der Waals surface area contributed by atoms with Crippen molar-refractivity contribution in [3.05, 3.63) is 91.1 Å². The molecule has 34 heavy (non-hydrogen) atoms. The Bertz CT molecular complexity index is 1520. The van der Waals surface area contributed by atoms with Gasteiger partial charge in [0.05, 0.1) is 16.7 Å². The first-order valence-electron chi connectivity index (χ1n) is 10.8. The minimum absolute atomic E-state index is 0.281. The third-order valence-electron chi connectivity index (χ3n) is 5.20. The van der Waals surface area contributed by atoms with E-state index in [9.17, 15) is 4.39 Å². The van der Waals surface area contributed by atoms with E-state index in [2.05, 4.69) is 38.3 Å². The standard InChI is InChI=1S/C24H19FN6.C3H6/c1-4-14(5-2)18-6-7-19-21(27-18)22(31-30-19)24-28-20-17(8-9-26-23(20)29-24)15-10-13(3)11-16(25)12-15;1-3-2/h4-12H,1H2,2-3H3,(H,30,31)(H,26,28,29);3H,1H2,2H3/b14-5+;. The van der Waals surface area contributed by atoms with E-state index in [1.165, 1.54) is 12.1 Å². The minimum atomic E-state index is -0.281. The summed E-state index contributed by atoms with van der Waals surface area (Å²) in [6.07, 6.45) is 7.15. The second-order valence-corrected chi connectivity index (χ2v) is 7.68. The molecule has 5 aromatic rings. The summed E-state index contributed by atoms with van der Waals surface area (Å²) in [5, 5.41) is 7.44. The van der Waals surface area contributed by atoms with Gasteiger partial charge >= 0.3 is 0 Å². The van der Waals surface area contributed by atoms with Gasteiger partial charge in [0.2, 0.25) is 0 Å². The van der Waals surface area contributed by atoms with E-state index in [4.69, 9.17) is 4.98 Å². The van der Waals surface area contributed by atoms with Crippen molar-refractivity contribution in [3.8, 4) is 22.6 Å². The van der Waals surface area contributed by atoms with Crippen LogP contribution in [0.25, 0.3) is 50.4 Å². The molecule has 0 atom stereocenters. The lowest BCUT2D eigenvalue weighted by Crippen LogP contribution is -1.89. The molecule has 4 heterocycles. The third-order valence-corrected chi connectivity index (χ3v) is 5.20. The van der Waals surface area contributed by atoms with Crippen molar-refractivity contribution in [1.29, 1.82) is 0 Å². The zero-order valence-corrected chi connectivity index (χ0v) is 19.4. The monoisotopic (exact) mass is 452 g/mol. The number of fused-ring (bicyclic) bond motifs is 2. The lowest BCUT2D eigenvalue weighted by molar-refractivity contribution is 0.627. The predicted octanol–water partition coefficient (Wildman–Crippen LogP) is 6.79. The molecule has 0 aliphatic heterocycles. The number of imidazole rings is 1. The number of H-pyrrole nitrogens is 2. The highest BCUT2D eigenvalue weighted by molar-refractivity contribution is 5.95. The first-order valence-corrected chi connectivity index (χ1v) is 10.8. The van der Waals surface area contributed by atoms with E-state index >= 15 is 0 Å². The number of nitrogens with one attached hydrogen (secondary N) is 2. The van der Waals surface area contributed by atoms with E-state index in [1.54, 1.807) is 18.3 Å². The SMILES string of the molecule is C=C/C(=C\C)c1ccc2[nH]nc(-c3nc4nccc(-c5cc(C)cc(F)c5)c4[nH]3)c2n1.C=CC. The summed E-state index contributed by atoms with van der Waals surface area (Å²) in [4.78, 5) is 17.1. The van der Waals surface area contributed by atoms with Gasteiger partial charge in [0, 0.05) is 11.8 Å². The Morgan fingerprint density at radius 3 is 2.56 bits per heavy atom. The Morgan fingerprint density at radius 1 is 1.06 bits per heavy atom. The highest BCUT2D eigenvalue weighted by Crippen LogP contribution is 2.31. The van der Waals surface area contributed by atoms with Crippen molar-refractivity contribution in [2.24, 2.45) is 0 Å². The zero-order chi connectivity index (χ0) is 24.2. The molecule has 0 saturated heterocycles. The fourth-order valence-electron chi connectivity index (χ4n) is 3.75. The van der Waals surface area contributed by atoms with E-state index in [0.717, 1.165) is 39.0 Å². The maximum atomic E-state index is 14.0. The van der Waals surface area contributed by atoms with Crippen molar-refractivity contribution in [2.75, 3.05) is 0 Å². The van der Waals surface area contributed by atoms with Crippen molar-refractivity contribution in [2.45, 2.75) is 20.8 Å². The van der Waals surface area contributed by atoms with E-state index in [1.807, 2.05) is 51.1 Å². The van der Waals surface area contributed by atoms with Crippen molar-refractivity contribution >= 4 is 27.8 Å². The summed E-state index contributed by atoms with van der Waals surface area (Å²) in [5.41, 5.74) is 7.50. The maximum Gasteiger partial charge on any atom is 0.178 e. The van der Waals surface area contributed by atoms with Gasteiger partial charge in [0.1, 0.15) is 11.3 Å². The molecule has 0 bridgehead atoms. The van der Waals surface area contributed by atoms with Crippen LogP contribution in [0.2, 0.25) is 0 Å². The number of aryl methyl sites for hydroxylation is 1. The summed E-state index contributed by atoms with van der Waals surface area (Å²) < 4.78 is 14.0. The van der Waals surface area contributed by atoms with Crippen LogP contribution in [0.3, 0.4) is 0 Å². The van der Waals surface area contributed by atoms with Crippen molar-refractivity contribution in [3.63, 3.8) is 0 Å². The first-order chi connectivity index (χ1) is 16.5. The number of aromatic amines is 2. The Kier molecular flexibility index (Phi) is 6.45. The first kappa shape index (κ1) is 22.8. The van der Waals surface area contributed by atoms with Crippen LogP contribution in [0, 0.1) is 12.7 Å². The third kappa shape index (κ3) is 4.28. The van der Waals surface area contributed by atoms with Gasteiger partial charge in [-0.05, 0) is 67.8 Å². The van der Waals surface area contributed by atoms with Gasteiger partial charge in [0.25, 0.3) is 0 Å². The number of nitrogens with zero attached hydrogens (tertiary/aromatic N) is 4. The molecule has 2 N–H and O–H groups in total. The van der Waals surface area contributed by atoms with E-state index in [-0.39, 0.29) is 5.82 Å². The minimum Gasteiger partial charge on any atom is -0.335 e. The number of halogens is 1. The molecule has 0 unspecified atom stereocenters. The molecule has 1 aromatic carbocycles. The smallest absolute Gasteiger partial charge is 0.178 e. The van der Waals surface area contributed by atoms with Gasteiger partial charge in [-0.25, -0.2) is 19.3 Å². The zero-order valence-electron chi connectivity index (χ0n) is 19.4. The molecule has 0 spiro atoms. The summed E-state index contributed by atoms with van der Waals surface area (Å²) in [7, 11) is 0. The van der Waals surface area contributed by atoms with Gasteiger partial charge in [-0.3, -0.25) is 5.10 Å². The second kappa shape index (κ2) is 9.62. The van der Waals surface area contributed by atoms with Gasteiger partial charge < -0.3 is 4.98 Å². The Hall–Kier alpha value is -4.39. The van der Waals surface area contributed by atoms with Crippen molar-refractivity contribution < 1.29 is 4.39 Å². The topological polar surface area (TPSA) is 83.1 Å². The van der Waals surface area contributed by atoms with Crippen LogP contribution in [0.1, 0.15) is 25.1 Å². The number of allylic oxidation sites excluding steroid dienone is 4. The summed E-state index contributed by atoms with van der Waals surface area (Å²) in [6, 6.07) is 10.6. The quantitative estimate of drug-likeness (QED) is 0.232. The molecule has 0 saturated carbocycles. The lowest BCUT2D eigenvalue weighted by atomic mass is 10.0. The maximum absolute atomic E-state index is 14.0. The van der Waals surface area contributed by atoms with Crippen molar-refractivity contribution in [1.82, 2.24) is 30.1 Å². The number of benzene rings is 1. The lowest BCUT2D eigenvalue weighted by Gasteiger charge is -2.04. The second-order valence-electron chi connectivity index (χ2n) is 7.68. The number of hydrogen-bond donors (Lipinski definition) is 2. The Labute approximate surface area is 197 Å². The molecule has 0 aliphatic carbocycles. The predicted molar refractivity (Wildman–Crippen MR) is 137 cm³/mol. The summed E-state index contributed by atoms with van der Waals surface area (Å²) in [5.74, 6) is 0.260. The fraction of sp³-hybridized carbons (Fsp3) is 0.111. The number of hydrogen-bond acceptors (Lipinski definition) is 4. The van der Waals surface area contributed by atoms with Crippen LogP contribution in [-0.4, -0.2) is 30.1 Å². The van der Waals surface area contributed by atoms with Crippen LogP contribution in [0.4, 0.5) is 4.39 Å². The highest BCUT2D eigenvalue weighted by atomic mass is 19.1. The van der Waals surface area contributed by atoms with E-state index < -0.39 is 0 Å². The molecule has 5 rings (SSSR count). The van der Waals surface area contributed by atoms with Crippen LogP contribution in [0.5, 0.6) is 0 Å². The Balaban J connectivity index is 0.000000868. The van der Waals surface area contributed by atoms with Crippen LogP contribution in [0.15, 0.2) is 74.0 Å². The summed E-state index contributed by atoms with van der Waals surface area (Å²) >= 11 is 0.